The number of urea groups is 1. The van der Waals surface area contributed by atoms with Crippen molar-refractivity contribution in [1.82, 2.24) is 10.6 Å². The minimum absolute atomic E-state index is 0.0767. The summed E-state index contributed by atoms with van der Waals surface area (Å²) in [6.07, 6.45) is 0. The van der Waals surface area contributed by atoms with Gasteiger partial charge in [0.1, 0.15) is 0 Å². The monoisotopic (exact) mass is 260 g/mol. The van der Waals surface area contributed by atoms with Gasteiger partial charge in [-0.1, -0.05) is 0 Å². The predicted molar refractivity (Wildman–Crippen MR) is 56.0 cm³/mol. The molecule has 0 saturated carbocycles. The Morgan fingerprint density at radius 2 is 2.46 bits per heavy atom. The van der Waals surface area contributed by atoms with Gasteiger partial charge < -0.3 is 10.6 Å². The molecule has 1 atom stereocenters. The molecule has 1 aromatic heterocycles. The molecule has 1 aliphatic heterocycles. The van der Waals surface area contributed by atoms with Gasteiger partial charge in [0, 0.05) is 11.4 Å². The second kappa shape index (κ2) is 3.31. The van der Waals surface area contributed by atoms with Gasteiger partial charge in [-0.2, -0.15) is 0 Å². The Hall–Kier alpha value is -0.550. The van der Waals surface area contributed by atoms with E-state index in [0.29, 0.717) is 6.54 Å². The van der Waals surface area contributed by atoms with Gasteiger partial charge >= 0.3 is 6.03 Å². The fraction of sp³-hybridized carbons (Fsp3) is 0.375. The van der Waals surface area contributed by atoms with Gasteiger partial charge in [-0.3, -0.25) is 0 Å². The summed E-state index contributed by atoms with van der Waals surface area (Å²) in [5.41, 5.74) is 1.22. The first-order chi connectivity index (χ1) is 6.16. The van der Waals surface area contributed by atoms with Crippen molar-refractivity contribution < 1.29 is 4.79 Å². The highest BCUT2D eigenvalue weighted by Gasteiger charge is 2.23. The maximum absolute atomic E-state index is 10.9. The van der Waals surface area contributed by atoms with Gasteiger partial charge in [0.25, 0.3) is 0 Å². The number of hydrogen-bond acceptors (Lipinski definition) is 2. The summed E-state index contributed by atoms with van der Waals surface area (Å²) in [5, 5.41) is 5.59. The van der Waals surface area contributed by atoms with Gasteiger partial charge in [-0.15, -0.1) is 11.3 Å². The van der Waals surface area contributed by atoms with E-state index in [4.69, 9.17) is 0 Å². The molecule has 70 valence electrons. The van der Waals surface area contributed by atoms with Crippen molar-refractivity contribution in [1.29, 1.82) is 0 Å². The van der Waals surface area contributed by atoms with Gasteiger partial charge in [0.2, 0.25) is 0 Å². The second-order valence-electron chi connectivity index (χ2n) is 3.01. The van der Waals surface area contributed by atoms with Crippen molar-refractivity contribution in [2.45, 2.75) is 13.0 Å². The van der Waals surface area contributed by atoms with Crippen LogP contribution in [-0.2, 0) is 0 Å². The summed E-state index contributed by atoms with van der Waals surface area (Å²) in [6, 6.07) is 2.17. The molecule has 1 aromatic rings. The van der Waals surface area contributed by atoms with Gasteiger partial charge in [-0.05, 0) is 34.5 Å². The van der Waals surface area contributed by atoms with E-state index in [1.54, 1.807) is 11.3 Å². The number of hydrogen-bond donors (Lipinski definition) is 2. The average molecular weight is 261 g/mol. The second-order valence-corrected chi connectivity index (χ2v) is 5.41. The summed E-state index contributed by atoms with van der Waals surface area (Å²) in [7, 11) is 0. The van der Waals surface area contributed by atoms with Crippen LogP contribution in [0.5, 0.6) is 0 Å². The lowest BCUT2D eigenvalue weighted by Crippen LogP contribution is -2.21. The van der Waals surface area contributed by atoms with Crippen LogP contribution >= 0.6 is 27.3 Å². The topological polar surface area (TPSA) is 41.1 Å². The first-order valence-corrected chi connectivity index (χ1v) is 5.58. The third kappa shape index (κ3) is 1.71. The highest BCUT2D eigenvalue weighted by atomic mass is 79.9. The molecule has 2 rings (SSSR count). The summed E-state index contributed by atoms with van der Waals surface area (Å²) < 4.78 is 1.14. The van der Waals surface area contributed by atoms with Crippen LogP contribution in [0, 0.1) is 6.92 Å². The van der Waals surface area contributed by atoms with Crippen molar-refractivity contribution in [3.05, 3.63) is 20.3 Å². The van der Waals surface area contributed by atoms with Crippen molar-refractivity contribution in [2.24, 2.45) is 0 Å². The Kier molecular flexibility index (Phi) is 2.29. The quantitative estimate of drug-likeness (QED) is 0.799. The van der Waals surface area contributed by atoms with Crippen LogP contribution in [0.15, 0.2) is 9.85 Å². The number of halogens is 1. The van der Waals surface area contributed by atoms with Crippen molar-refractivity contribution in [3.63, 3.8) is 0 Å². The highest BCUT2D eigenvalue weighted by molar-refractivity contribution is 9.11. The summed E-state index contributed by atoms with van der Waals surface area (Å²) in [4.78, 5) is 12.1. The number of aryl methyl sites for hydroxylation is 1. The molecule has 0 bridgehead atoms. The van der Waals surface area contributed by atoms with Crippen molar-refractivity contribution >= 4 is 33.3 Å². The van der Waals surface area contributed by atoms with Crippen molar-refractivity contribution in [3.8, 4) is 0 Å². The molecule has 1 fully saturated rings. The molecular formula is C8H9BrN2OS. The standard InChI is InChI=1S/C8H9BrN2OS/c1-4-2-6(13-7(4)9)5-3-10-8(12)11-5/h2,5H,3H2,1H3,(H2,10,11,12)/t5-/m1/s1. The number of carbonyl (C=O) groups is 1. The zero-order valence-electron chi connectivity index (χ0n) is 7.06. The van der Waals surface area contributed by atoms with Crippen LogP contribution in [-0.4, -0.2) is 12.6 Å². The maximum Gasteiger partial charge on any atom is 0.315 e. The zero-order valence-corrected chi connectivity index (χ0v) is 9.46. The molecule has 2 heterocycles. The van der Waals surface area contributed by atoms with E-state index < -0.39 is 0 Å². The van der Waals surface area contributed by atoms with E-state index in [2.05, 4.69) is 32.6 Å². The van der Waals surface area contributed by atoms with E-state index in [1.807, 2.05) is 6.92 Å². The Morgan fingerprint density at radius 3 is 2.92 bits per heavy atom. The molecule has 0 radical (unpaired) electrons. The largest absolute Gasteiger partial charge is 0.336 e. The van der Waals surface area contributed by atoms with E-state index in [-0.39, 0.29) is 12.1 Å². The van der Waals surface area contributed by atoms with Gasteiger partial charge in [0.15, 0.2) is 0 Å². The first-order valence-electron chi connectivity index (χ1n) is 3.97. The van der Waals surface area contributed by atoms with Crippen LogP contribution in [0.4, 0.5) is 4.79 Å². The molecule has 0 aromatic carbocycles. The van der Waals surface area contributed by atoms with Crippen LogP contribution in [0.2, 0.25) is 0 Å². The minimum Gasteiger partial charge on any atom is -0.336 e. The first kappa shape index (κ1) is 9.02. The number of nitrogens with one attached hydrogen (secondary N) is 2. The molecule has 13 heavy (non-hydrogen) atoms. The minimum atomic E-state index is -0.0767. The number of amides is 2. The highest BCUT2D eigenvalue weighted by Crippen LogP contribution is 2.31. The Balaban J connectivity index is 2.21. The third-order valence-electron chi connectivity index (χ3n) is 1.99. The Bertz CT molecular complexity index is 330. The average Bonchev–Trinajstić information content (AvgIpc) is 2.61. The van der Waals surface area contributed by atoms with Crippen molar-refractivity contribution in [2.75, 3.05) is 6.54 Å². The smallest absolute Gasteiger partial charge is 0.315 e. The van der Waals surface area contributed by atoms with Crippen LogP contribution in [0.1, 0.15) is 16.5 Å². The lowest BCUT2D eigenvalue weighted by Gasteiger charge is -2.03. The lowest BCUT2D eigenvalue weighted by atomic mass is 10.2. The number of thiophene rings is 1. The predicted octanol–water partition coefficient (Wildman–Crippen LogP) is 2.17. The normalized spacial score (nSPS) is 21.4. The van der Waals surface area contributed by atoms with E-state index in [1.165, 1.54) is 10.4 Å². The third-order valence-corrected chi connectivity index (χ3v) is 4.24. The Morgan fingerprint density at radius 1 is 1.69 bits per heavy atom. The fourth-order valence-corrected chi connectivity index (χ4v) is 2.90. The van der Waals surface area contributed by atoms with Crippen LogP contribution in [0.3, 0.4) is 0 Å². The van der Waals surface area contributed by atoms with Crippen LogP contribution < -0.4 is 10.6 Å². The van der Waals surface area contributed by atoms with E-state index in [9.17, 15) is 4.79 Å². The molecule has 0 aliphatic carbocycles. The molecule has 5 heteroatoms. The Labute approximate surface area is 88.7 Å². The fourth-order valence-electron chi connectivity index (χ4n) is 1.28. The molecule has 1 saturated heterocycles. The van der Waals surface area contributed by atoms with Crippen LogP contribution in [0.25, 0.3) is 0 Å². The molecule has 2 amide bonds. The lowest BCUT2D eigenvalue weighted by molar-refractivity contribution is 0.247. The summed E-state index contributed by atoms with van der Waals surface area (Å²) >= 11 is 5.14. The number of carbonyl (C=O) groups excluding carboxylic acids is 1. The SMILES string of the molecule is Cc1cc([C@H]2CNC(=O)N2)sc1Br. The molecule has 2 N–H and O–H groups in total. The molecular weight excluding hydrogens is 252 g/mol. The van der Waals surface area contributed by atoms with Gasteiger partial charge in [-0.25, -0.2) is 4.79 Å². The van der Waals surface area contributed by atoms with E-state index >= 15 is 0 Å². The maximum atomic E-state index is 10.9. The molecule has 0 spiro atoms. The number of rotatable bonds is 1. The molecule has 0 unspecified atom stereocenters. The molecule has 3 nitrogen and oxygen atoms in total. The summed E-state index contributed by atoms with van der Waals surface area (Å²) in [6.45, 7) is 2.74. The zero-order chi connectivity index (χ0) is 9.42. The van der Waals surface area contributed by atoms with E-state index in [0.717, 1.165) is 3.79 Å². The molecule has 1 aliphatic rings. The van der Waals surface area contributed by atoms with Gasteiger partial charge in [0.05, 0.1) is 9.83 Å². The summed E-state index contributed by atoms with van der Waals surface area (Å²) in [5.74, 6) is 0.